The Morgan fingerprint density at radius 1 is 1.44 bits per heavy atom. The molecule has 1 atom stereocenters. The Bertz CT molecular complexity index is 91.0. The maximum Gasteiger partial charge on any atom is 0.160 e. The zero-order valence-corrected chi connectivity index (χ0v) is 4.95. The highest BCUT2D eigenvalue weighted by molar-refractivity contribution is 5.79. The number of carbonyl (C=O) groups excluding carboxylic acids is 1. The minimum atomic E-state index is -1.02. The molecular weight excluding hydrogens is 124 g/mol. The largest absolute Gasteiger partial charge is 0.394 e. The second-order valence-electron chi connectivity index (χ2n) is 1.74. The predicted molar refractivity (Wildman–Crippen MR) is 29.8 cm³/mol. The fraction of sp³-hybridized carbons (Fsp3) is 0.800. The van der Waals surface area contributed by atoms with Crippen LogP contribution in [0.3, 0.4) is 0 Å². The first-order chi connectivity index (χ1) is 4.20. The number of hydrogen-bond donors (Lipinski definition) is 3. The summed E-state index contributed by atoms with van der Waals surface area (Å²) in [7, 11) is 0. The van der Waals surface area contributed by atoms with Gasteiger partial charge in [-0.05, 0) is 0 Å². The number of hydrogen-bond acceptors (Lipinski definition) is 4. The molecule has 0 aromatic rings. The van der Waals surface area contributed by atoms with Gasteiger partial charge in [0.25, 0.3) is 0 Å². The van der Waals surface area contributed by atoms with Crippen molar-refractivity contribution in [2.75, 3.05) is 13.2 Å². The molecule has 0 amide bonds. The lowest BCUT2D eigenvalue weighted by molar-refractivity contribution is -0.124. The number of ketones is 1. The molecule has 0 saturated carbocycles. The van der Waals surface area contributed by atoms with E-state index in [0.29, 0.717) is 0 Å². The fourth-order valence-corrected chi connectivity index (χ4v) is 0.392. The van der Waals surface area contributed by atoms with Crippen LogP contribution in [0.5, 0.6) is 0 Å². The second-order valence-corrected chi connectivity index (χ2v) is 1.74. The minimum Gasteiger partial charge on any atom is -0.394 e. The van der Waals surface area contributed by atoms with E-state index in [9.17, 15) is 4.79 Å². The van der Waals surface area contributed by atoms with Gasteiger partial charge in [-0.15, -0.1) is 0 Å². The standard InChI is InChI=1S/C5H10O4/c6-2-4(8)1-5(9)3-7/h4,6-8H,1-3H2. The van der Waals surface area contributed by atoms with Crippen molar-refractivity contribution in [1.82, 2.24) is 0 Å². The molecule has 0 aliphatic carbocycles. The lowest BCUT2D eigenvalue weighted by atomic mass is 10.2. The number of aliphatic hydroxyl groups excluding tert-OH is 3. The molecule has 4 heteroatoms. The van der Waals surface area contributed by atoms with Gasteiger partial charge in [0, 0.05) is 6.42 Å². The van der Waals surface area contributed by atoms with Gasteiger partial charge in [0.1, 0.15) is 6.61 Å². The Morgan fingerprint density at radius 3 is 2.33 bits per heavy atom. The van der Waals surface area contributed by atoms with E-state index in [4.69, 9.17) is 15.3 Å². The number of carbonyl (C=O) groups is 1. The van der Waals surface area contributed by atoms with Gasteiger partial charge in [0.15, 0.2) is 5.78 Å². The Labute approximate surface area is 52.7 Å². The summed E-state index contributed by atoms with van der Waals surface area (Å²) in [5, 5.41) is 24.9. The van der Waals surface area contributed by atoms with Gasteiger partial charge in [-0.25, -0.2) is 0 Å². The summed E-state index contributed by atoms with van der Waals surface area (Å²) in [6.07, 6.45) is -1.20. The maximum atomic E-state index is 10.3. The van der Waals surface area contributed by atoms with Gasteiger partial charge in [-0.2, -0.15) is 0 Å². The van der Waals surface area contributed by atoms with E-state index in [1.165, 1.54) is 0 Å². The third kappa shape index (κ3) is 4.08. The smallest absolute Gasteiger partial charge is 0.160 e. The van der Waals surface area contributed by atoms with Crippen LogP contribution in [0.4, 0.5) is 0 Å². The molecule has 0 bridgehead atoms. The molecule has 0 rings (SSSR count). The molecule has 1 unspecified atom stereocenters. The topological polar surface area (TPSA) is 77.8 Å². The summed E-state index contributed by atoms with van der Waals surface area (Å²) in [6, 6.07) is 0. The molecule has 0 aromatic heterocycles. The van der Waals surface area contributed by atoms with Crippen molar-refractivity contribution in [1.29, 1.82) is 0 Å². The van der Waals surface area contributed by atoms with Crippen LogP contribution in [0.25, 0.3) is 0 Å². The van der Waals surface area contributed by atoms with E-state index in [1.54, 1.807) is 0 Å². The first-order valence-electron chi connectivity index (χ1n) is 2.62. The van der Waals surface area contributed by atoms with Crippen molar-refractivity contribution in [2.45, 2.75) is 12.5 Å². The first kappa shape index (κ1) is 8.55. The van der Waals surface area contributed by atoms with Gasteiger partial charge >= 0.3 is 0 Å². The SMILES string of the molecule is O=C(CO)CC(O)CO. The van der Waals surface area contributed by atoms with E-state index >= 15 is 0 Å². The van der Waals surface area contributed by atoms with Gasteiger partial charge in [0.2, 0.25) is 0 Å². The number of Topliss-reactive ketones (excluding diaryl/α,β-unsaturated/α-hetero) is 1. The predicted octanol–water partition coefficient (Wildman–Crippen LogP) is -1.71. The molecule has 0 radical (unpaired) electrons. The van der Waals surface area contributed by atoms with Crippen LogP contribution in [-0.4, -0.2) is 40.4 Å². The van der Waals surface area contributed by atoms with Crippen LogP contribution in [0, 0.1) is 0 Å². The van der Waals surface area contributed by atoms with Crippen molar-refractivity contribution in [2.24, 2.45) is 0 Å². The summed E-state index contributed by atoms with van der Waals surface area (Å²) in [6.45, 7) is -1.01. The average Bonchev–Trinajstić information content (AvgIpc) is 1.87. The Kier molecular flexibility index (Phi) is 4.21. The highest BCUT2D eigenvalue weighted by Crippen LogP contribution is 1.89. The van der Waals surface area contributed by atoms with Crippen molar-refractivity contribution in [3.05, 3.63) is 0 Å². The average molecular weight is 134 g/mol. The van der Waals surface area contributed by atoms with Crippen LogP contribution < -0.4 is 0 Å². The molecule has 4 nitrogen and oxygen atoms in total. The van der Waals surface area contributed by atoms with Crippen LogP contribution in [0.15, 0.2) is 0 Å². The van der Waals surface area contributed by atoms with Crippen LogP contribution in [0.2, 0.25) is 0 Å². The molecule has 3 N–H and O–H groups in total. The molecule has 9 heavy (non-hydrogen) atoms. The van der Waals surface area contributed by atoms with Crippen LogP contribution in [0.1, 0.15) is 6.42 Å². The molecule has 0 fully saturated rings. The van der Waals surface area contributed by atoms with Crippen LogP contribution >= 0.6 is 0 Å². The van der Waals surface area contributed by atoms with E-state index in [-0.39, 0.29) is 6.42 Å². The van der Waals surface area contributed by atoms with E-state index in [1.807, 2.05) is 0 Å². The monoisotopic (exact) mass is 134 g/mol. The van der Waals surface area contributed by atoms with Crippen molar-refractivity contribution in [3.8, 4) is 0 Å². The molecule has 0 aromatic carbocycles. The van der Waals surface area contributed by atoms with Crippen molar-refractivity contribution in [3.63, 3.8) is 0 Å². The molecule has 54 valence electrons. The number of aliphatic hydroxyl groups is 3. The lowest BCUT2D eigenvalue weighted by Crippen LogP contribution is -2.18. The highest BCUT2D eigenvalue weighted by atomic mass is 16.3. The van der Waals surface area contributed by atoms with E-state index in [0.717, 1.165) is 0 Å². The minimum absolute atomic E-state index is 0.174. The maximum absolute atomic E-state index is 10.3. The summed E-state index contributed by atoms with van der Waals surface area (Å²) in [5.41, 5.74) is 0. The van der Waals surface area contributed by atoms with E-state index in [2.05, 4.69) is 0 Å². The summed E-state index contributed by atoms with van der Waals surface area (Å²) in [4.78, 5) is 10.3. The van der Waals surface area contributed by atoms with Crippen molar-refractivity contribution < 1.29 is 20.1 Å². The van der Waals surface area contributed by atoms with Crippen LogP contribution in [-0.2, 0) is 4.79 Å². The molecule has 0 saturated heterocycles. The van der Waals surface area contributed by atoms with Gasteiger partial charge in [-0.1, -0.05) is 0 Å². The third-order valence-corrected chi connectivity index (χ3v) is 0.850. The Balaban J connectivity index is 3.34. The molecule has 0 spiro atoms. The fourth-order valence-electron chi connectivity index (χ4n) is 0.392. The zero-order chi connectivity index (χ0) is 7.28. The van der Waals surface area contributed by atoms with Gasteiger partial charge in [0.05, 0.1) is 12.7 Å². The Morgan fingerprint density at radius 2 is 2.00 bits per heavy atom. The third-order valence-electron chi connectivity index (χ3n) is 0.850. The summed E-state index contributed by atoms with van der Waals surface area (Å²) in [5.74, 6) is -0.462. The van der Waals surface area contributed by atoms with Gasteiger partial charge < -0.3 is 15.3 Å². The quantitative estimate of drug-likeness (QED) is 0.428. The zero-order valence-electron chi connectivity index (χ0n) is 4.95. The van der Waals surface area contributed by atoms with Gasteiger partial charge in [-0.3, -0.25) is 4.79 Å². The summed E-state index contributed by atoms with van der Waals surface area (Å²) < 4.78 is 0. The van der Waals surface area contributed by atoms with Crippen molar-refractivity contribution >= 4 is 5.78 Å². The van der Waals surface area contributed by atoms with E-state index < -0.39 is 25.1 Å². The molecule has 0 aliphatic rings. The normalized spacial score (nSPS) is 13.2. The Hall–Kier alpha value is -0.450. The lowest BCUT2D eigenvalue weighted by Gasteiger charge is -2.02. The molecule has 0 aliphatic heterocycles. The molecular formula is C5H10O4. The number of rotatable bonds is 4. The second kappa shape index (κ2) is 4.43. The molecule has 0 heterocycles. The highest BCUT2D eigenvalue weighted by Gasteiger charge is 2.07. The summed E-state index contributed by atoms with van der Waals surface area (Å²) >= 11 is 0. The first-order valence-corrected chi connectivity index (χ1v) is 2.62.